The monoisotopic (exact) mass is 274 g/mol. The average molecular weight is 274 g/mol. The molecular formula is C14H15FN4O. The lowest BCUT2D eigenvalue weighted by atomic mass is 10.1. The van der Waals surface area contributed by atoms with Crippen LogP contribution in [-0.2, 0) is 0 Å². The first-order chi connectivity index (χ1) is 9.66. The van der Waals surface area contributed by atoms with Gasteiger partial charge in [-0.15, -0.1) is 0 Å². The molecule has 0 spiro atoms. The van der Waals surface area contributed by atoms with Gasteiger partial charge >= 0.3 is 0 Å². The number of nitrogens with zero attached hydrogens (tertiary/aromatic N) is 2. The van der Waals surface area contributed by atoms with Crippen molar-refractivity contribution in [2.75, 3.05) is 18.4 Å². The van der Waals surface area contributed by atoms with E-state index in [-0.39, 0.29) is 11.7 Å². The Morgan fingerprint density at radius 1 is 1.25 bits per heavy atom. The summed E-state index contributed by atoms with van der Waals surface area (Å²) in [6.45, 7) is 2.54. The minimum Gasteiger partial charge on any atom is -0.352 e. The van der Waals surface area contributed by atoms with Crippen molar-refractivity contribution in [2.24, 2.45) is 0 Å². The van der Waals surface area contributed by atoms with Gasteiger partial charge in [0.2, 0.25) is 5.95 Å². The molecule has 0 atom stereocenters. The van der Waals surface area contributed by atoms with E-state index in [9.17, 15) is 9.18 Å². The molecular weight excluding hydrogens is 259 g/mol. The van der Waals surface area contributed by atoms with Crippen molar-refractivity contribution in [3.05, 3.63) is 53.6 Å². The van der Waals surface area contributed by atoms with Crippen LogP contribution in [0.25, 0.3) is 0 Å². The highest BCUT2D eigenvalue weighted by Crippen LogP contribution is 2.08. The van der Waals surface area contributed by atoms with Crippen LogP contribution < -0.4 is 10.6 Å². The summed E-state index contributed by atoms with van der Waals surface area (Å²) in [5, 5.41) is 5.65. The van der Waals surface area contributed by atoms with E-state index in [1.807, 2.05) is 0 Å². The van der Waals surface area contributed by atoms with Gasteiger partial charge < -0.3 is 10.6 Å². The van der Waals surface area contributed by atoms with E-state index >= 15 is 0 Å². The number of carbonyl (C=O) groups is 1. The molecule has 0 unspecified atom stereocenters. The molecule has 20 heavy (non-hydrogen) atoms. The van der Waals surface area contributed by atoms with Gasteiger partial charge in [-0.1, -0.05) is 6.07 Å². The Balaban J connectivity index is 1.79. The quantitative estimate of drug-likeness (QED) is 0.815. The molecule has 0 aliphatic carbocycles. The van der Waals surface area contributed by atoms with Gasteiger partial charge in [0.15, 0.2) is 0 Å². The Morgan fingerprint density at radius 2 is 2.00 bits per heavy atom. The molecule has 0 fully saturated rings. The highest BCUT2D eigenvalue weighted by Gasteiger charge is 2.07. The van der Waals surface area contributed by atoms with Crippen molar-refractivity contribution in [1.82, 2.24) is 15.3 Å². The van der Waals surface area contributed by atoms with Crippen molar-refractivity contribution in [3.63, 3.8) is 0 Å². The summed E-state index contributed by atoms with van der Waals surface area (Å²) < 4.78 is 13.3. The summed E-state index contributed by atoms with van der Waals surface area (Å²) in [4.78, 5) is 19.8. The van der Waals surface area contributed by atoms with E-state index in [0.717, 1.165) is 0 Å². The summed E-state index contributed by atoms with van der Waals surface area (Å²) >= 11 is 0. The van der Waals surface area contributed by atoms with Gasteiger partial charge in [-0.3, -0.25) is 4.79 Å². The van der Waals surface area contributed by atoms with Gasteiger partial charge in [-0.05, 0) is 30.7 Å². The van der Waals surface area contributed by atoms with E-state index in [1.165, 1.54) is 6.07 Å². The van der Waals surface area contributed by atoms with Crippen molar-refractivity contribution >= 4 is 11.9 Å². The molecule has 1 amide bonds. The van der Waals surface area contributed by atoms with Crippen LogP contribution in [-0.4, -0.2) is 29.0 Å². The van der Waals surface area contributed by atoms with Gasteiger partial charge in [0.25, 0.3) is 5.91 Å². The first-order valence-electron chi connectivity index (χ1n) is 6.22. The fourth-order valence-electron chi connectivity index (χ4n) is 1.58. The largest absolute Gasteiger partial charge is 0.352 e. The molecule has 5 nitrogen and oxygen atoms in total. The van der Waals surface area contributed by atoms with E-state index in [1.54, 1.807) is 37.5 Å². The molecule has 0 bridgehead atoms. The van der Waals surface area contributed by atoms with Gasteiger partial charge in [0.1, 0.15) is 5.82 Å². The van der Waals surface area contributed by atoms with Crippen molar-refractivity contribution < 1.29 is 9.18 Å². The number of aromatic nitrogens is 2. The lowest BCUT2D eigenvalue weighted by molar-refractivity contribution is 0.0954. The minimum absolute atomic E-state index is 0.306. The Kier molecular flexibility index (Phi) is 4.60. The fraction of sp³-hybridized carbons (Fsp3) is 0.214. The predicted molar refractivity (Wildman–Crippen MR) is 74.0 cm³/mol. The average Bonchev–Trinajstić information content (AvgIpc) is 2.47. The van der Waals surface area contributed by atoms with Gasteiger partial charge in [0.05, 0.1) is 0 Å². The van der Waals surface area contributed by atoms with Crippen LogP contribution in [0.5, 0.6) is 0 Å². The number of hydrogen-bond acceptors (Lipinski definition) is 4. The number of aryl methyl sites for hydroxylation is 1. The molecule has 2 N–H and O–H groups in total. The summed E-state index contributed by atoms with van der Waals surface area (Å²) in [5.41, 5.74) is 0.827. The SMILES string of the molecule is Cc1ccc(C(=O)NCCNc2ncccn2)cc1F. The topological polar surface area (TPSA) is 66.9 Å². The molecule has 0 saturated carbocycles. The first-order valence-corrected chi connectivity index (χ1v) is 6.22. The second-order valence-corrected chi connectivity index (χ2v) is 4.22. The number of rotatable bonds is 5. The number of anilines is 1. The zero-order valence-corrected chi connectivity index (χ0v) is 11.1. The molecule has 104 valence electrons. The molecule has 1 heterocycles. The summed E-state index contributed by atoms with van der Waals surface area (Å²) in [5.74, 6) is -0.184. The number of hydrogen-bond donors (Lipinski definition) is 2. The second kappa shape index (κ2) is 6.60. The van der Waals surface area contributed by atoms with Crippen molar-refractivity contribution in [1.29, 1.82) is 0 Å². The first kappa shape index (κ1) is 13.9. The van der Waals surface area contributed by atoms with Crippen LogP contribution in [0.1, 0.15) is 15.9 Å². The molecule has 2 aromatic rings. The summed E-state index contributed by atoms with van der Waals surface area (Å²) in [6, 6.07) is 6.14. The number of amides is 1. The van der Waals surface area contributed by atoms with Gasteiger partial charge in [-0.25, -0.2) is 14.4 Å². The molecule has 6 heteroatoms. The maximum atomic E-state index is 13.3. The van der Waals surface area contributed by atoms with Crippen LogP contribution in [0.4, 0.5) is 10.3 Å². The molecule has 1 aromatic carbocycles. The highest BCUT2D eigenvalue weighted by atomic mass is 19.1. The number of nitrogens with one attached hydrogen (secondary N) is 2. The van der Waals surface area contributed by atoms with Gasteiger partial charge in [-0.2, -0.15) is 0 Å². The smallest absolute Gasteiger partial charge is 0.251 e. The van der Waals surface area contributed by atoms with Crippen LogP contribution in [0, 0.1) is 12.7 Å². The van der Waals surface area contributed by atoms with Crippen LogP contribution in [0.2, 0.25) is 0 Å². The predicted octanol–water partition coefficient (Wildman–Crippen LogP) is 1.77. The lowest BCUT2D eigenvalue weighted by Gasteiger charge is -2.07. The number of benzene rings is 1. The summed E-state index contributed by atoms with van der Waals surface area (Å²) in [6.07, 6.45) is 3.26. The Labute approximate surface area is 116 Å². The van der Waals surface area contributed by atoms with E-state index in [4.69, 9.17) is 0 Å². The third-order valence-electron chi connectivity index (χ3n) is 2.69. The molecule has 1 aromatic heterocycles. The minimum atomic E-state index is -0.381. The van der Waals surface area contributed by atoms with Crippen LogP contribution >= 0.6 is 0 Å². The van der Waals surface area contributed by atoms with Crippen LogP contribution in [0.3, 0.4) is 0 Å². The lowest BCUT2D eigenvalue weighted by Crippen LogP contribution is -2.29. The molecule has 0 saturated heterocycles. The Morgan fingerprint density at radius 3 is 2.70 bits per heavy atom. The molecule has 0 aliphatic heterocycles. The maximum absolute atomic E-state index is 13.3. The van der Waals surface area contributed by atoms with Crippen molar-refractivity contribution in [3.8, 4) is 0 Å². The highest BCUT2D eigenvalue weighted by molar-refractivity contribution is 5.94. The Bertz CT molecular complexity index is 589. The summed E-state index contributed by atoms with van der Waals surface area (Å²) in [7, 11) is 0. The Hall–Kier alpha value is -2.50. The number of halogens is 1. The second-order valence-electron chi connectivity index (χ2n) is 4.22. The molecule has 0 radical (unpaired) electrons. The molecule has 0 aliphatic rings. The van der Waals surface area contributed by atoms with Gasteiger partial charge in [0, 0.05) is 31.0 Å². The van der Waals surface area contributed by atoms with Crippen molar-refractivity contribution in [2.45, 2.75) is 6.92 Å². The standard InChI is InChI=1S/C14H15FN4O/c1-10-3-4-11(9-12(10)15)13(20)16-7-8-19-14-17-5-2-6-18-14/h2-6,9H,7-8H2,1H3,(H,16,20)(H,17,18,19). The van der Waals surface area contributed by atoms with E-state index in [2.05, 4.69) is 20.6 Å². The fourth-order valence-corrected chi connectivity index (χ4v) is 1.58. The maximum Gasteiger partial charge on any atom is 0.251 e. The van der Waals surface area contributed by atoms with E-state index < -0.39 is 0 Å². The van der Waals surface area contributed by atoms with E-state index in [0.29, 0.717) is 30.2 Å². The number of carbonyl (C=O) groups excluding carboxylic acids is 1. The zero-order chi connectivity index (χ0) is 14.4. The van der Waals surface area contributed by atoms with Crippen LogP contribution in [0.15, 0.2) is 36.7 Å². The normalized spacial score (nSPS) is 10.1. The third-order valence-corrected chi connectivity index (χ3v) is 2.69. The zero-order valence-electron chi connectivity index (χ0n) is 11.1. The molecule has 2 rings (SSSR count). The third kappa shape index (κ3) is 3.74.